The summed E-state index contributed by atoms with van der Waals surface area (Å²) in [7, 11) is -2.29. The Morgan fingerprint density at radius 3 is 2.38 bits per heavy atom. The predicted octanol–water partition coefficient (Wildman–Crippen LogP) is 2.81. The van der Waals surface area contributed by atoms with Crippen LogP contribution in [0.15, 0.2) is 0 Å². The lowest BCUT2D eigenvalue weighted by molar-refractivity contribution is 0.000392. The zero-order chi connectivity index (χ0) is 9.95. The van der Waals surface area contributed by atoms with Crippen LogP contribution in [0.1, 0.15) is 46.5 Å². The molecule has 0 spiro atoms. The lowest BCUT2D eigenvalue weighted by Gasteiger charge is -2.43. The van der Waals surface area contributed by atoms with E-state index < -0.39 is 8.56 Å². The normalized spacial score (nSPS) is 33.2. The topological polar surface area (TPSA) is 29.5 Å². The monoisotopic (exact) mass is 202 g/mol. The fourth-order valence-electron chi connectivity index (χ4n) is 2.19. The van der Waals surface area contributed by atoms with Crippen LogP contribution in [-0.2, 0) is 4.43 Å². The predicted molar refractivity (Wildman–Crippen MR) is 56.9 cm³/mol. The molecule has 0 aliphatic carbocycles. The van der Waals surface area contributed by atoms with Gasteiger partial charge in [0.2, 0.25) is 0 Å². The molecule has 78 valence electrons. The minimum atomic E-state index is -2.29. The standard InChI is InChI=1S/C10H22O2Si/c1-4-10(5-2)8-7-9-13(11,6-3)12-10/h11H,4-9H2,1-3H3. The van der Waals surface area contributed by atoms with Gasteiger partial charge < -0.3 is 9.22 Å². The van der Waals surface area contributed by atoms with E-state index in [-0.39, 0.29) is 5.60 Å². The van der Waals surface area contributed by atoms with Crippen LogP contribution < -0.4 is 0 Å². The molecule has 1 aliphatic heterocycles. The van der Waals surface area contributed by atoms with Crippen LogP contribution in [-0.4, -0.2) is 19.0 Å². The average Bonchev–Trinajstić information content (AvgIpc) is 2.18. The Labute approximate surface area is 82.6 Å². The van der Waals surface area contributed by atoms with E-state index in [9.17, 15) is 4.80 Å². The summed E-state index contributed by atoms with van der Waals surface area (Å²) in [5.41, 5.74) is 0.00916. The Morgan fingerprint density at radius 2 is 1.92 bits per heavy atom. The Bertz CT molecular complexity index is 168. The molecule has 1 fully saturated rings. The third kappa shape index (κ3) is 2.33. The van der Waals surface area contributed by atoms with Crippen molar-refractivity contribution in [2.45, 2.75) is 64.1 Å². The van der Waals surface area contributed by atoms with Gasteiger partial charge in [-0.05, 0) is 37.8 Å². The first-order valence-corrected chi connectivity index (χ1v) is 7.79. The van der Waals surface area contributed by atoms with Crippen LogP contribution in [0.2, 0.25) is 12.1 Å². The van der Waals surface area contributed by atoms with Gasteiger partial charge in [0.25, 0.3) is 0 Å². The summed E-state index contributed by atoms with van der Waals surface area (Å²) in [4.78, 5) is 10.2. The summed E-state index contributed by atoms with van der Waals surface area (Å²) < 4.78 is 6.00. The molecule has 1 saturated heterocycles. The van der Waals surface area contributed by atoms with Crippen LogP contribution in [0.4, 0.5) is 0 Å². The summed E-state index contributed by atoms with van der Waals surface area (Å²) in [6, 6.07) is 1.78. The highest BCUT2D eigenvalue weighted by atomic mass is 28.4. The van der Waals surface area contributed by atoms with E-state index in [0.29, 0.717) is 0 Å². The Morgan fingerprint density at radius 1 is 1.31 bits per heavy atom. The van der Waals surface area contributed by atoms with Gasteiger partial charge in [0.05, 0.1) is 5.60 Å². The Kier molecular flexibility index (Phi) is 3.55. The molecule has 1 aliphatic rings. The molecule has 0 radical (unpaired) electrons. The van der Waals surface area contributed by atoms with Crippen molar-refractivity contribution < 1.29 is 9.22 Å². The zero-order valence-electron chi connectivity index (χ0n) is 9.10. The lowest BCUT2D eigenvalue weighted by atomic mass is 9.92. The summed E-state index contributed by atoms with van der Waals surface area (Å²) in [6.45, 7) is 6.38. The van der Waals surface area contributed by atoms with E-state index in [1.807, 2.05) is 6.92 Å². The molecule has 0 aromatic rings. The van der Waals surface area contributed by atoms with Crippen molar-refractivity contribution in [3.05, 3.63) is 0 Å². The van der Waals surface area contributed by atoms with E-state index in [1.54, 1.807) is 0 Å². The molecular weight excluding hydrogens is 180 g/mol. The van der Waals surface area contributed by atoms with Crippen LogP contribution in [0.3, 0.4) is 0 Å². The van der Waals surface area contributed by atoms with Gasteiger partial charge in [-0.3, -0.25) is 0 Å². The molecule has 3 heteroatoms. The van der Waals surface area contributed by atoms with Gasteiger partial charge in [-0.25, -0.2) is 0 Å². The van der Waals surface area contributed by atoms with Crippen molar-refractivity contribution in [1.82, 2.24) is 0 Å². The minimum absolute atomic E-state index is 0.00916. The fraction of sp³-hybridized carbons (Fsp3) is 1.00. The van der Waals surface area contributed by atoms with E-state index in [2.05, 4.69) is 13.8 Å². The van der Waals surface area contributed by atoms with Crippen molar-refractivity contribution in [1.29, 1.82) is 0 Å². The van der Waals surface area contributed by atoms with Gasteiger partial charge in [-0.2, -0.15) is 0 Å². The molecule has 2 nitrogen and oxygen atoms in total. The van der Waals surface area contributed by atoms with Crippen LogP contribution >= 0.6 is 0 Å². The summed E-state index contributed by atoms with van der Waals surface area (Å²) in [6.07, 6.45) is 4.37. The molecule has 0 aromatic heterocycles. The molecule has 1 rings (SSSR count). The van der Waals surface area contributed by atoms with Crippen LogP contribution in [0, 0.1) is 0 Å². The highest BCUT2D eigenvalue weighted by Gasteiger charge is 2.44. The lowest BCUT2D eigenvalue weighted by Crippen LogP contribution is -2.51. The molecule has 0 saturated carbocycles. The first kappa shape index (κ1) is 11.2. The zero-order valence-corrected chi connectivity index (χ0v) is 10.1. The highest BCUT2D eigenvalue weighted by Crippen LogP contribution is 2.38. The molecule has 1 N–H and O–H groups in total. The number of rotatable bonds is 3. The van der Waals surface area contributed by atoms with E-state index >= 15 is 0 Å². The SMILES string of the molecule is CCC1(CC)CCC[Si](O)(CC)O1. The van der Waals surface area contributed by atoms with Crippen LogP contribution in [0.25, 0.3) is 0 Å². The second kappa shape index (κ2) is 4.11. The Balaban J connectivity index is 2.69. The highest BCUT2D eigenvalue weighted by molar-refractivity contribution is 6.66. The molecule has 1 heterocycles. The first-order valence-electron chi connectivity index (χ1n) is 5.52. The van der Waals surface area contributed by atoms with E-state index in [0.717, 1.165) is 37.8 Å². The van der Waals surface area contributed by atoms with Gasteiger partial charge in [-0.1, -0.05) is 20.8 Å². The van der Waals surface area contributed by atoms with Crippen molar-refractivity contribution in [2.75, 3.05) is 0 Å². The molecule has 0 bridgehead atoms. The van der Waals surface area contributed by atoms with E-state index in [1.165, 1.54) is 0 Å². The van der Waals surface area contributed by atoms with E-state index in [4.69, 9.17) is 4.43 Å². The molecule has 0 aromatic carbocycles. The van der Waals surface area contributed by atoms with Crippen molar-refractivity contribution in [2.24, 2.45) is 0 Å². The number of hydrogen-bond donors (Lipinski definition) is 1. The van der Waals surface area contributed by atoms with Gasteiger partial charge in [-0.15, -0.1) is 0 Å². The van der Waals surface area contributed by atoms with Gasteiger partial charge >= 0.3 is 8.56 Å². The van der Waals surface area contributed by atoms with Crippen molar-refractivity contribution in [3.63, 3.8) is 0 Å². The number of hydrogen-bond acceptors (Lipinski definition) is 2. The quantitative estimate of drug-likeness (QED) is 0.713. The molecule has 0 amide bonds. The fourth-order valence-corrected chi connectivity index (χ4v) is 4.71. The third-order valence-corrected chi connectivity index (χ3v) is 6.50. The average molecular weight is 202 g/mol. The van der Waals surface area contributed by atoms with Gasteiger partial charge in [0, 0.05) is 0 Å². The maximum atomic E-state index is 10.2. The molecule has 1 unspecified atom stereocenters. The van der Waals surface area contributed by atoms with Gasteiger partial charge in [0.15, 0.2) is 0 Å². The maximum Gasteiger partial charge on any atom is 0.335 e. The summed E-state index contributed by atoms with van der Waals surface area (Å²) in [5, 5.41) is 0. The maximum absolute atomic E-state index is 10.2. The Hall–Kier alpha value is 0.137. The second-order valence-electron chi connectivity index (χ2n) is 4.15. The largest absolute Gasteiger partial charge is 0.411 e. The minimum Gasteiger partial charge on any atom is -0.411 e. The smallest absolute Gasteiger partial charge is 0.335 e. The molecule has 1 atom stereocenters. The summed E-state index contributed by atoms with van der Waals surface area (Å²) >= 11 is 0. The van der Waals surface area contributed by atoms with Crippen molar-refractivity contribution >= 4 is 8.56 Å². The first-order chi connectivity index (χ1) is 6.10. The van der Waals surface area contributed by atoms with Crippen molar-refractivity contribution in [3.8, 4) is 0 Å². The summed E-state index contributed by atoms with van der Waals surface area (Å²) in [5.74, 6) is 0. The molecular formula is C10H22O2Si. The second-order valence-corrected chi connectivity index (χ2v) is 7.45. The molecule has 13 heavy (non-hydrogen) atoms. The van der Waals surface area contributed by atoms with Crippen LogP contribution in [0.5, 0.6) is 0 Å². The third-order valence-electron chi connectivity index (χ3n) is 3.45. The van der Waals surface area contributed by atoms with Gasteiger partial charge in [0.1, 0.15) is 0 Å².